The molecule has 0 unspecified atom stereocenters. The molecule has 26 heavy (non-hydrogen) atoms. The first kappa shape index (κ1) is 19.7. The molecule has 0 bridgehead atoms. The van der Waals surface area contributed by atoms with Crippen molar-refractivity contribution in [2.24, 2.45) is 7.05 Å². The molecular weight excluding hydrogens is 378 g/mol. The number of hydrogen-bond acceptors (Lipinski definition) is 5. The van der Waals surface area contributed by atoms with E-state index in [4.69, 9.17) is 0 Å². The molecule has 2 aliphatic rings. The maximum atomic E-state index is 13.1. The molecule has 0 radical (unpaired) electrons. The van der Waals surface area contributed by atoms with Gasteiger partial charge in [0.1, 0.15) is 4.90 Å². The van der Waals surface area contributed by atoms with Gasteiger partial charge < -0.3 is 0 Å². The molecule has 0 aliphatic carbocycles. The van der Waals surface area contributed by atoms with Gasteiger partial charge in [-0.1, -0.05) is 0 Å². The predicted octanol–water partition coefficient (Wildman–Crippen LogP) is 0.0739. The van der Waals surface area contributed by atoms with E-state index in [2.05, 4.69) is 5.10 Å². The summed E-state index contributed by atoms with van der Waals surface area (Å²) in [6, 6.07) is 0. The van der Waals surface area contributed by atoms with Crippen LogP contribution in [0.5, 0.6) is 0 Å². The molecule has 0 spiro atoms. The van der Waals surface area contributed by atoms with E-state index in [1.54, 1.807) is 25.6 Å². The molecule has 9 nitrogen and oxygen atoms in total. The monoisotopic (exact) mass is 405 g/mol. The summed E-state index contributed by atoms with van der Waals surface area (Å²) in [7, 11) is -5.48. The Morgan fingerprint density at radius 1 is 0.769 bits per heavy atom. The number of rotatable bonds is 4. The number of sulfonamides is 1. The molecule has 2 saturated heterocycles. The van der Waals surface area contributed by atoms with Crippen molar-refractivity contribution in [3.8, 4) is 0 Å². The lowest BCUT2D eigenvalue weighted by Crippen LogP contribution is -2.44. The average Bonchev–Trinajstić information content (AvgIpc) is 3.09. The highest BCUT2D eigenvalue weighted by Gasteiger charge is 2.36. The Balaban J connectivity index is 1.80. The zero-order chi connectivity index (χ0) is 19.1. The largest absolute Gasteiger partial charge is 0.282 e. The lowest BCUT2D eigenvalue weighted by molar-refractivity contribution is 0.364. The molecule has 0 aromatic carbocycles. The number of aromatic nitrogens is 2. The summed E-state index contributed by atoms with van der Waals surface area (Å²) in [5, 5.41) is 4.20. The van der Waals surface area contributed by atoms with Gasteiger partial charge in [0.05, 0.1) is 11.4 Å². The van der Waals surface area contributed by atoms with Gasteiger partial charge in [-0.15, -0.1) is 0 Å². The van der Waals surface area contributed by atoms with Gasteiger partial charge in [0.25, 0.3) is 10.2 Å². The third-order valence-corrected chi connectivity index (χ3v) is 9.36. The highest BCUT2D eigenvalue weighted by atomic mass is 32.2. The third kappa shape index (κ3) is 3.42. The first-order chi connectivity index (χ1) is 12.2. The highest BCUT2D eigenvalue weighted by molar-refractivity contribution is 7.89. The van der Waals surface area contributed by atoms with E-state index in [-0.39, 0.29) is 18.0 Å². The van der Waals surface area contributed by atoms with E-state index in [0.29, 0.717) is 44.0 Å². The van der Waals surface area contributed by atoms with Gasteiger partial charge in [-0.25, -0.2) is 8.42 Å². The maximum Gasteiger partial charge on any atom is 0.282 e. The molecule has 0 saturated carbocycles. The second-order valence-electron chi connectivity index (χ2n) is 6.89. The minimum Gasteiger partial charge on any atom is -0.271 e. The summed E-state index contributed by atoms with van der Waals surface area (Å²) in [5.74, 6) is 0. The van der Waals surface area contributed by atoms with Crippen molar-refractivity contribution in [2.75, 3.05) is 39.3 Å². The number of nitrogens with zero attached hydrogens (tertiary/aromatic N) is 5. The topological polar surface area (TPSA) is 95.8 Å². The quantitative estimate of drug-likeness (QED) is 0.707. The van der Waals surface area contributed by atoms with E-state index in [9.17, 15) is 16.8 Å². The molecule has 11 heteroatoms. The summed E-state index contributed by atoms with van der Waals surface area (Å²) in [6.45, 7) is 5.50. The average molecular weight is 406 g/mol. The van der Waals surface area contributed by atoms with Crippen LogP contribution in [0.4, 0.5) is 0 Å². The SMILES string of the molecule is Cc1nn(C)c(C)c1S(=O)(=O)N1CCCN(S(=O)(=O)N2CCCC2)CC1. The molecule has 3 heterocycles. The standard InChI is InChI=1S/C15H27N5O4S2/c1-13-15(14(2)17(3)16-13)25(21,22)18-9-6-10-20(12-11-18)26(23,24)19-7-4-5-8-19/h4-12H2,1-3H3. The molecular formula is C15H27N5O4S2. The van der Waals surface area contributed by atoms with Gasteiger partial charge >= 0.3 is 0 Å². The van der Waals surface area contributed by atoms with Gasteiger partial charge in [-0.3, -0.25) is 4.68 Å². The normalized spacial score (nSPS) is 22.0. The van der Waals surface area contributed by atoms with E-state index in [0.717, 1.165) is 12.8 Å². The van der Waals surface area contributed by atoms with E-state index in [1.807, 2.05) is 0 Å². The molecule has 2 fully saturated rings. The van der Waals surface area contributed by atoms with Gasteiger partial charge in [-0.05, 0) is 33.1 Å². The van der Waals surface area contributed by atoms with Gasteiger partial charge in [0, 0.05) is 46.3 Å². The molecule has 0 atom stereocenters. The Bertz CT molecular complexity index is 872. The second kappa shape index (κ2) is 7.19. The van der Waals surface area contributed by atoms with Crippen LogP contribution in [-0.2, 0) is 27.3 Å². The van der Waals surface area contributed by atoms with Crippen molar-refractivity contribution in [3.63, 3.8) is 0 Å². The van der Waals surface area contributed by atoms with E-state index in [1.165, 1.54) is 12.9 Å². The molecule has 0 N–H and O–H groups in total. The maximum absolute atomic E-state index is 13.1. The first-order valence-corrected chi connectivity index (χ1v) is 11.7. The zero-order valence-corrected chi connectivity index (χ0v) is 17.2. The molecule has 1 aromatic heterocycles. The van der Waals surface area contributed by atoms with Crippen LogP contribution in [0.2, 0.25) is 0 Å². The Morgan fingerprint density at radius 3 is 1.85 bits per heavy atom. The number of aryl methyl sites for hydroxylation is 2. The van der Waals surface area contributed by atoms with Crippen molar-refractivity contribution in [2.45, 2.75) is 38.0 Å². The predicted molar refractivity (Wildman–Crippen MR) is 97.4 cm³/mol. The first-order valence-electron chi connectivity index (χ1n) is 8.91. The fourth-order valence-electron chi connectivity index (χ4n) is 3.68. The van der Waals surface area contributed by atoms with E-state index >= 15 is 0 Å². The third-order valence-electron chi connectivity index (χ3n) is 5.17. The van der Waals surface area contributed by atoms with Crippen LogP contribution < -0.4 is 0 Å². The van der Waals surface area contributed by atoms with Crippen molar-refractivity contribution >= 4 is 20.2 Å². The Hall–Kier alpha value is -1.01. The summed E-state index contributed by atoms with van der Waals surface area (Å²) in [6.07, 6.45) is 2.24. The minimum atomic E-state index is -3.70. The lowest BCUT2D eigenvalue weighted by Gasteiger charge is -2.26. The van der Waals surface area contributed by atoms with Crippen LogP contribution in [0.3, 0.4) is 0 Å². The second-order valence-corrected chi connectivity index (χ2v) is 10.7. The highest BCUT2D eigenvalue weighted by Crippen LogP contribution is 2.25. The van der Waals surface area contributed by atoms with Gasteiger partial charge in [-0.2, -0.15) is 26.4 Å². The van der Waals surface area contributed by atoms with Gasteiger partial charge in [0.15, 0.2) is 0 Å². The summed E-state index contributed by atoms with van der Waals surface area (Å²) in [4.78, 5) is 0.232. The fourth-order valence-corrected chi connectivity index (χ4v) is 7.27. The van der Waals surface area contributed by atoms with Crippen LogP contribution in [-0.4, -0.2) is 78.8 Å². The van der Waals surface area contributed by atoms with Gasteiger partial charge in [0.2, 0.25) is 10.0 Å². The Kier molecular flexibility index (Phi) is 5.46. The van der Waals surface area contributed by atoms with Crippen molar-refractivity contribution in [1.82, 2.24) is 22.7 Å². The molecule has 0 amide bonds. The van der Waals surface area contributed by atoms with Crippen LogP contribution in [0.1, 0.15) is 30.7 Å². The zero-order valence-electron chi connectivity index (χ0n) is 15.5. The fraction of sp³-hybridized carbons (Fsp3) is 0.800. The van der Waals surface area contributed by atoms with E-state index < -0.39 is 20.2 Å². The molecule has 2 aliphatic heterocycles. The molecule has 148 valence electrons. The smallest absolute Gasteiger partial charge is 0.271 e. The lowest BCUT2D eigenvalue weighted by atomic mass is 10.4. The van der Waals surface area contributed by atoms with Crippen LogP contribution in [0.25, 0.3) is 0 Å². The van der Waals surface area contributed by atoms with Crippen molar-refractivity contribution < 1.29 is 16.8 Å². The molecule has 1 aromatic rings. The molecule has 3 rings (SSSR count). The number of hydrogen-bond donors (Lipinski definition) is 0. The van der Waals surface area contributed by atoms with Crippen molar-refractivity contribution in [3.05, 3.63) is 11.4 Å². The summed E-state index contributed by atoms with van der Waals surface area (Å²) in [5.41, 5.74) is 1.06. The Morgan fingerprint density at radius 2 is 1.27 bits per heavy atom. The summed E-state index contributed by atoms with van der Waals surface area (Å²) >= 11 is 0. The Labute approximate surface area is 155 Å². The van der Waals surface area contributed by atoms with Crippen LogP contribution in [0, 0.1) is 13.8 Å². The van der Waals surface area contributed by atoms with Crippen LogP contribution in [0.15, 0.2) is 4.90 Å². The van der Waals surface area contributed by atoms with Crippen molar-refractivity contribution in [1.29, 1.82) is 0 Å². The minimum absolute atomic E-state index is 0.156. The van der Waals surface area contributed by atoms with Crippen LogP contribution >= 0.6 is 0 Å². The summed E-state index contributed by atoms with van der Waals surface area (Å²) < 4.78 is 57.6.